The first kappa shape index (κ1) is 16.8. The van der Waals surface area contributed by atoms with Gasteiger partial charge in [0.15, 0.2) is 6.29 Å². The van der Waals surface area contributed by atoms with Crippen LogP contribution in [-0.4, -0.2) is 43.1 Å². The molecule has 0 aromatic carbocycles. The molecule has 0 saturated carbocycles. The summed E-state index contributed by atoms with van der Waals surface area (Å²) in [5, 5.41) is 20.0. The maximum absolute atomic E-state index is 10.8. The molecule has 20 heavy (non-hydrogen) atoms. The van der Waals surface area contributed by atoms with Gasteiger partial charge in [-0.05, 0) is 18.1 Å². The quantitative estimate of drug-likeness (QED) is 0.702. The van der Waals surface area contributed by atoms with Crippen molar-refractivity contribution in [2.75, 3.05) is 27.9 Å². The summed E-state index contributed by atoms with van der Waals surface area (Å²) in [6, 6.07) is 1.70. The van der Waals surface area contributed by atoms with E-state index in [-0.39, 0.29) is 13.0 Å². The minimum Gasteiger partial charge on any atom is -0.481 e. The number of pyridine rings is 1. The molecule has 0 aliphatic carbocycles. The molecule has 0 aliphatic heterocycles. The molecular weight excluding hydrogens is 262 g/mol. The summed E-state index contributed by atoms with van der Waals surface area (Å²) in [7, 11) is 4.50. The number of hydrogen-bond acceptors (Lipinski definition) is 6. The smallest absolute Gasteiger partial charge is 0.221 e. The Labute approximate surface area is 119 Å². The molecule has 1 aromatic heterocycles. The van der Waals surface area contributed by atoms with Gasteiger partial charge in [-0.3, -0.25) is 0 Å². The van der Waals surface area contributed by atoms with Crippen LogP contribution in [0.1, 0.15) is 37.2 Å². The van der Waals surface area contributed by atoms with Crippen molar-refractivity contribution in [1.29, 1.82) is 0 Å². The predicted octanol–water partition coefficient (Wildman–Crippen LogP) is 1.36. The molecule has 0 bridgehead atoms. The number of ether oxygens (including phenoxy) is 3. The molecule has 0 spiro atoms. The summed E-state index contributed by atoms with van der Waals surface area (Å²) in [4.78, 5) is 4.13. The third-order valence-corrected chi connectivity index (χ3v) is 3.42. The Hall–Kier alpha value is -1.21. The zero-order valence-corrected chi connectivity index (χ0v) is 12.4. The molecule has 0 saturated heterocycles. The van der Waals surface area contributed by atoms with Crippen LogP contribution in [0.15, 0.2) is 12.3 Å². The van der Waals surface area contributed by atoms with Crippen molar-refractivity contribution in [3.63, 3.8) is 0 Å². The van der Waals surface area contributed by atoms with E-state index >= 15 is 0 Å². The van der Waals surface area contributed by atoms with Gasteiger partial charge in [-0.15, -0.1) is 0 Å². The highest BCUT2D eigenvalue weighted by molar-refractivity contribution is 5.39. The maximum Gasteiger partial charge on any atom is 0.221 e. The van der Waals surface area contributed by atoms with Crippen molar-refractivity contribution >= 4 is 0 Å². The Morgan fingerprint density at radius 2 is 1.95 bits per heavy atom. The Balaban J connectivity index is 3.44. The van der Waals surface area contributed by atoms with E-state index in [4.69, 9.17) is 14.2 Å². The largest absolute Gasteiger partial charge is 0.481 e. The lowest BCUT2D eigenvalue weighted by Gasteiger charge is -2.31. The Morgan fingerprint density at radius 1 is 1.30 bits per heavy atom. The van der Waals surface area contributed by atoms with E-state index < -0.39 is 11.9 Å². The third-order valence-electron chi connectivity index (χ3n) is 3.42. The zero-order valence-electron chi connectivity index (χ0n) is 12.4. The monoisotopic (exact) mass is 285 g/mol. The van der Waals surface area contributed by atoms with Crippen LogP contribution in [0.5, 0.6) is 5.88 Å². The van der Waals surface area contributed by atoms with Crippen molar-refractivity contribution < 1.29 is 24.4 Å². The molecule has 2 N–H and O–H groups in total. The molecule has 0 unspecified atom stereocenters. The number of methoxy groups -OCH3 is 3. The summed E-state index contributed by atoms with van der Waals surface area (Å²) in [6.45, 7) is 1.72. The molecule has 1 atom stereocenters. The highest BCUT2D eigenvalue weighted by Gasteiger charge is 2.34. The van der Waals surface area contributed by atoms with Crippen molar-refractivity contribution in [1.82, 2.24) is 4.98 Å². The molecule has 6 heteroatoms. The van der Waals surface area contributed by atoms with Gasteiger partial charge in [-0.2, -0.15) is 0 Å². The van der Waals surface area contributed by atoms with Gasteiger partial charge in [-0.25, -0.2) is 4.98 Å². The van der Waals surface area contributed by atoms with Crippen LogP contribution in [0.2, 0.25) is 0 Å². The highest BCUT2D eigenvalue weighted by Crippen LogP contribution is 2.38. The molecule has 1 aromatic rings. The molecule has 114 valence electrons. The highest BCUT2D eigenvalue weighted by atomic mass is 16.7. The first-order chi connectivity index (χ1) is 9.57. The third kappa shape index (κ3) is 3.27. The molecule has 1 rings (SSSR count). The van der Waals surface area contributed by atoms with E-state index in [0.717, 1.165) is 0 Å². The predicted molar refractivity (Wildman–Crippen MR) is 73.4 cm³/mol. The topological polar surface area (TPSA) is 81.0 Å². The second-order valence-electron chi connectivity index (χ2n) is 4.44. The standard InChI is InChI=1S/C14H23NO5/c1-5-14(17,7-9-16)10-6-8-15-12(18-2)11(10)13(19-3)20-4/h6,8,13,16-17H,5,7,9H2,1-4H3/t14-/m1/s1. The minimum absolute atomic E-state index is 0.126. The molecule has 0 radical (unpaired) electrons. The van der Waals surface area contributed by atoms with Crippen molar-refractivity contribution in [2.45, 2.75) is 31.7 Å². The summed E-state index contributed by atoms with van der Waals surface area (Å²) < 4.78 is 15.8. The average molecular weight is 285 g/mol. The van der Waals surface area contributed by atoms with Gasteiger partial charge in [0.25, 0.3) is 0 Å². The van der Waals surface area contributed by atoms with Crippen LogP contribution >= 0.6 is 0 Å². The average Bonchev–Trinajstić information content (AvgIpc) is 2.48. The molecular formula is C14H23NO5. The number of nitrogens with zero attached hydrogens (tertiary/aromatic N) is 1. The van der Waals surface area contributed by atoms with E-state index in [0.29, 0.717) is 23.4 Å². The van der Waals surface area contributed by atoms with E-state index in [1.165, 1.54) is 21.3 Å². The lowest BCUT2D eigenvalue weighted by Crippen LogP contribution is -2.29. The fourth-order valence-corrected chi connectivity index (χ4v) is 2.27. The second kappa shape index (κ2) is 7.54. The molecule has 0 aliphatic rings. The normalized spacial score (nSPS) is 14.3. The summed E-state index contributed by atoms with van der Waals surface area (Å²) in [5.41, 5.74) is -0.0531. The van der Waals surface area contributed by atoms with Gasteiger partial charge in [0.05, 0.1) is 18.3 Å². The lowest BCUT2D eigenvalue weighted by molar-refractivity contribution is -0.110. The van der Waals surface area contributed by atoms with E-state index in [1.807, 2.05) is 6.92 Å². The van der Waals surface area contributed by atoms with Crippen LogP contribution in [-0.2, 0) is 15.1 Å². The van der Waals surface area contributed by atoms with Crippen molar-refractivity contribution in [3.8, 4) is 5.88 Å². The number of rotatable bonds is 8. The van der Waals surface area contributed by atoms with Crippen molar-refractivity contribution in [2.24, 2.45) is 0 Å². The Kier molecular flexibility index (Phi) is 6.35. The summed E-state index contributed by atoms with van der Waals surface area (Å²) in [6.07, 6.45) is 1.50. The Bertz CT molecular complexity index is 422. The van der Waals surface area contributed by atoms with Gasteiger partial charge in [-0.1, -0.05) is 6.92 Å². The summed E-state index contributed by atoms with van der Waals surface area (Å²) >= 11 is 0. The molecule has 0 fully saturated rings. The number of aliphatic hydroxyl groups excluding tert-OH is 1. The molecule has 1 heterocycles. The van der Waals surface area contributed by atoms with E-state index in [9.17, 15) is 10.2 Å². The van der Waals surface area contributed by atoms with Crippen molar-refractivity contribution in [3.05, 3.63) is 23.4 Å². The van der Waals surface area contributed by atoms with Gasteiger partial charge < -0.3 is 24.4 Å². The fraction of sp³-hybridized carbons (Fsp3) is 0.643. The van der Waals surface area contributed by atoms with Gasteiger partial charge in [0.2, 0.25) is 5.88 Å². The van der Waals surface area contributed by atoms with Gasteiger partial charge >= 0.3 is 0 Å². The SMILES string of the molecule is CC[C@@](O)(CCO)c1ccnc(OC)c1C(OC)OC. The minimum atomic E-state index is -1.18. The van der Waals surface area contributed by atoms with Gasteiger partial charge in [0.1, 0.15) is 0 Å². The van der Waals surface area contributed by atoms with E-state index in [2.05, 4.69) is 4.98 Å². The fourth-order valence-electron chi connectivity index (χ4n) is 2.27. The number of aromatic nitrogens is 1. The lowest BCUT2D eigenvalue weighted by atomic mass is 9.85. The van der Waals surface area contributed by atoms with Gasteiger partial charge in [0, 0.05) is 33.4 Å². The molecule has 6 nitrogen and oxygen atoms in total. The second-order valence-corrected chi connectivity index (χ2v) is 4.44. The van der Waals surface area contributed by atoms with Crippen LogP contribution in [0.4, 0.5) is 0 Å². The van der Waals surface area contributed by atoms with Crippen LogP contribution in [0.25, 0.3) is 0 Å². The first-order valence-electron chi connectivity index (χ1n) is 6.50. The van der Waals surface area contributed by atoms with E-state index in [1.54, 1.807) is 12.3 Å². The first-order valence-corrected chi connectivity index (χ1v) is 6.50. The van der Waals surface area contributed by atoms with Crippen LogP contribution in [0.3, 0.4) is 0 Å². The van der Waals surface area contributed by atoms with Crippen LogP contribution < -0.4 is 4.74 Å². The zero-order chi connectivity index (χ0) is 15.2. The number of aliphatic hydroxyl groups is 2. The number of hydrogen-bond donors (Lipinski definition) is 2. The molecule has 0 amide bonds. The van der Waals surface area contributed by atoms with Crippen LogP contribution in [0, 0.1) is 0 Å². The summed E-state index contributed by atoms with van der Waals surface area (Å²) in [5.74, 6) is 0.334. The maximum atomic E-state index is 10.8. The Morgan fingerprint density at radius 3 is 2.40 bits per heavy atom.